The van der Waals surface area contributed by atoms with Crippen LogP contribution in [0.25, 0.3) is 11.4 Å². The molecule has 1 fully saturated rings. The zero-order chi connectivity index (χ0) is 15.6. The number of carbonyl (C=O) groups excluding carboxylic acids is 1. The van der Waals surface area contributed by atoms with Crippen LogP contribution in [0.4, 0.5) is 5.69 Å². The molecular formula is C17H15N5O. The van der Waals surface area contributed by atoms with E-state index in [0.29, 0.717) is 11.6 Å². The molecule has 0 radical (unpaired) electrons. The average molecular weight is 305 g/mol. The highest BCUT2D eigenvalue weighted by atomic mass is 16.1. The number of anilines is 1. The fourth-order valence-electron chi connectivity index (χ4n) is 2.48. The number of hydrogen-bond acceptors (Lipinski definition) is 4. The van der Waals surface area contributed by atoms with Crippen LogP contribution in [0.2, 0.25) is 0 Å². The van der Waals surface area contributed by atoms with Gasteiger partial charge in [-0.05, 0) is 47.5 Å². The molecule has 4 rings (SSSR count). The maximum Gasteiger partial charge on any atom is 0.255 e. The van der Waals surface area contributed by atoms with Gasteiger partial charge in [-0.25, -0.2) is 4.68 Å². The van der Waals surface area contributed by atoms with Crippen molar-refractivity contribution in [3.05, 3.63) is 60.2 Å². The van der Waals surface area contributed by atoms with Crippen molar-refractivity contribution in [3.8, 4) is 11.4 Å². The van der Waals surface area contributed by atoms with Crippen molar-refractivity contribution in [1.29, 1.82) is 0 Å². The summed E-state index contributed by atoms with van der Waals surface area (Å²) in [4.78, 5) is 12.2. The maximum absolute atomic E-state index is 12.2. The molecule has 0 unspecified atom stereocenters. The summed E-state index contributed by atoms with van der Waals surface area (Å²) in [6.45, 7) is 0. The number of nitrogens with zero attached hydrogens (tertiary/aromatic N) is 4. The number of amides is 1. The quantitative estimate of drug-likeness (QED) is 0.804. The molecule has 114 valence electrons. The highest BCUT2D eigenvalue weighted by molar-refractivity contribution is 6.04. The minimum absolute atomic E-state index is 0.135. The first-order chi connectivity index (χ1) is 11.3. The molecule has 0 aliphatic heterocycles. The Balaban J connectivity index is 1.59. The molecule has 0 atom stereocenters. The van der Waals surface area contributed by atoms with Crippen molar-refractivity contribution in [1.82, 2.24) is 20.2 Å². The van der Waals surface area contributed by atoms with Crippen LogP contribution in [0.15, 0.2) is 54.6 Å². The van der Waals surface area contributed by atoms with E-state index in [9.17, 15) is 4.79 Å². The lowest BCUT2D eigenvalue weighted by Crippen LogP contribution is -2.11. The van der Waals surface area contributed by atoms with Crippen LogP contribution in [0, 0.1) is 0 Å². The molecule has 0 spiro atoms. The van der Waals surface area contributed by atoms with Crippen LogP contribution in [-0.4, -0.2) is 26.1 Å². The number of carbonyl (C=O) groups is 1. The van der Waals surface area contributed by atoms with Gasteiger partial charge in [0, 0.05) is 16.8 Å². The van der Waals surface area contributed by atoms with Crippen molar-refractivity contribution in [3.63, 3.8) is 0 Å². The zero-order valence-electron chi connectivity index (χ0n) is 12.4. The summed E-state index contributed by atoms with van der Waals surface area (Å²) in [5.74, 6) is 0.604. The topological polar surface area (TPSA) is 72.7 Å². The molecule has 1 N–H and O–H groups in total. The molecule has 1 saturated carbocycles. The van der Waals surface area contributed by atoms with E-state index in [1.807, 2.05) is 47.1 Å². The van der Waals surface area contributed by atoms with E-state index in [1.54, 1.807) is 12.1 Å². The molecule has 1 aromatic heterocycles. The fourth-order valence-corrected chi connectivity index (χ4v) is 2.48. The standard InChI is InChI=1S/C17H15N5O/c23-17(12-5-2-1-3-6-12)18-14-8-4-7-13(11-14)16-19-20-21-22(16)15-9-10-15/h1-8,11,15H,9-10H2,(H,18,23). The summed E-state index contributed by atoms with van der Waals surface area (Å²) < 4.78 is 1.86. The molecule has 23 heavy (non-hydrogen) atoms. The van der Waals surface area contributed by atoms with Crippen molar-refractivity contribution < 1.29 is 4.79 Å². The van der Waals surface area contributed by atoms with Gasteiger partial charge in [-0.3, -0.25) is 4.79 Å². The largest absolute Gasteiger partial charge is 0.322 e. The molecule has 2 aromatic carbocycles. The van der Waals surface area contributed by atoms with E-state index in [0.717, 1.165) is 29.9 Å². The van der Waals surface area contributed by atoms with Crippen molar-refractivity contribution in [2.75, 3.05) is 5.32 Å². The second-order valence-corrected chi connectivity index (χ2v) is 5.58. The second-order valence-electron chi connectivity index (χ2n) is 5.58. The van der Waals surface area contributed by atoms with Gasteiger partial charge in [-0.2, -0.15) is 0 Å². The van der Waals surface area contributed by atoms with E-state index >= 15 is 0 Å². The van der Waals surface area contributed by atoms with Crippen molar-refractivity contribution in [2.24, 2.45) is 0 Å². The number of tetrazole rings is 1. The predicted molar refractivity (Wildman–Crippen MR) is 85.9 cm³/mol. The Hall–Kier alpha value is -3.02. The van der Waals surface area contributed by atoms with Crippen LogP contribution in [-0.2, 0) is 0 Å². The Labute approximate surface area is 133 Å². The smallest absolute Gasteiger partial charge is 0.255 e. The molecule has 1 amide bonds. The Kier molecular flexibility index (Phi) is 3.34. The lowest BCUT2D eigenvalue weighted by atomic mass is 10.1. The summed E-state index contributed by atoms with van der Waals surface area (Å²) in [5, 5.41) is 14.9. The number of rotatable bonds is 4. The van der Waals surface area contributed by atoms with Gasteiger partial charge in [0.1, 0.15) is 0 Å². The predicted octanol–water partition coefficient (Wildman–Crippen LogP) is 2.93. The van der Waals surface area contributed by atoms with Crippen LogP contribution in [0.1, 0.15) is 29.2 Å². The Morgan fingerprint density at radius 1 is 1.09 bits per heavy atom. The molecule has 6 heteroatoms. The highest BCUT2D eigenvalue weighted by Gasteiger charge is 2.28. The first-order valence-electron chi connectivity index (χ1n) is 7.56. The van der Waals surface area contributed by atoms with E-state index in [-0.39, 0.29) is 5.91 Å². The van der Waals surface area contributed by atoms with E-state index in [2.05, 4.69) is 20.8 Å². The third-order valence-electron chi connectivity index (χ3n) is 3.80. The third-order valence-corrected chi connectivity index (χ3v) is 3.80. The number of hydrogen-bond donors (Lipinski definition) is 1. The highest BCUT2D eigenvalue weighted by Crippen LogP contribution is 2.36. The lowest BCUT2D eigenvalue weighted by molar-refractivity contribution is 0.102. The van der Waals surface area contributed by atoms with Gasteiger partial charge in [0.05, 0.1) is 6.04 Å². The van der Waals surface area contributed by atoms with Crippen LogP contribution in [0.3, 0.4) is 0 Å². The molecular weight excluding hydrogens is 290 g/mol. The summed E-state index contributed by atoms with van der Waals surface area (Å²) >= 11 is 0. The van der Waals surface area contributed by atoms with Gasteiger partial charge >= 0.3 is 0 Å². The normalized spacial score (nSPS) is 13.7. The molecule has 0 bridgehead atoms. The Morgan fingerprint density at radius 2 is 1.91 bits per heavy atom. The molecule has 3 aromatic rings. The first kappa shape index (κ1) is 13.6. The molecule has 1 heterocycles. The SMILES string of the molecule is O=C(Nc1cccc(-c2nnnn2C2CC2)c1)c1ccccc1. The average Bonchev–Trinajstić information content (AvgIpc) is 3.32. The summed E-state index contributed by atoms with van der Waals surface area (Å²) in [5.41, 5.74) is 2.25. The van der Waals surface area contributed by atoms with Gasteiger partial charge < -0.3 is 5.32 Å². The Morgan fingerprint density at radius 3 is 2.70 bits per heavy atom. The second kappa shape index (κ2) is 5.64. The van der Waals surface area contributed by atoms with Crippen molar-refractivity contribution in [2.45, 2.75) is 18.9 Å². The van der Waals surface area contributed by atoms with Crippen LogP contribution in [0.5, 0.6) is 0 Å². The summed E-state index contributed by atoms with van der Waals surface area (Å²) in [6, 6.07) is 17.1. The summed E-state index contributed by atoms with van der Waals surface area (Å²) in [6.07, 6.45) is 2.23. The van der Waals surface area contributed by atoms with Gasteiger partial charge in [-0.1, -0.05) is 30.3 Å². The maximum atomic E-state index is 12.2. The van der Waals surface area contributed by atoms with Gasteiger partial charge in [-0.15, -0.1) is 5.10 Å². The summed E-state index contributed by atoms with van der Waals surface area (Å²) in [7, 11) is 0. The van der Waals surface area contributed by atoms with Crippen LogP contribution < -0.4 is 5.32 Å². The van der Waals surface area contributed by atoms with E-state index < -0.39 is 0 Å². The first-order valence-corrected chi connectivity index (χ1v) is 7.56. The molecule has 1 aliphatic carbocycles. The lowest BCUT2D eigenvalue weighted by Gasteiger charge is -2.07. The third kappa shape index (κ3) is 2.83. The Bertz CT molecular complexity index is 839. The minimum Gasteiger partial charge on any atom is -0.322 e. The molecule has 6 nitrogen and oxygen atoms in total. The van der Waals surface area contributed by atoms with Gasteiger partial charge in [0.2, 0.25) is 0 Å². The number of aromatic nitrogens is 4. The van der Waals surface area contributed by atoms with E-state index in [4.69, 9.17) is 0 Å². The molecule has 1 aliphatic rings. The fraction of sp³-hybridized carbons (Fsp3) is 0.176. The van der Waals surface area contributed by atoms with Crippen molar-refractivity contribution >= 4 is 11.6 Å². The number of nitrogens with one attached hydrogen (secondary N) is 1. The van der Waals surface area contributed by atoms with E-state index in [1.165, 1.54) is 0 Å². The monoisotopic (exact) mass is 305 g/mol. The zero-order valence-corrected chi connectivity index (χ0v) is 12.4. The van der Waals surface area contributed by atoms with Crippen LogP contribution >= 0.6 is 0 Å². The molecule has 0 saturated heterocycles. The number of benzene rings is 2. The minimum atomic E-state index is -0.135. The van der Waals surface area contributed by atoms with Gasteiger partial charge in [0.15, 0.2) is 5.82 Å². The van der Waals surface area contributed by atoms with Gasteiger partial charge in [0.25, 0.3) is 5.91 Å².